The molecule has 21 heavy (non-hydrogen) atoms. The fourth-order valence-electron chi connectivity index (χ4n) is 1.86. The van der Waals surface area contributed by atoms with Crippen molar-refractivity contribution in [3.8, 4) is 5.75 Å². The molecule has 0 aromatic heterocycles. The first-order chi connectivity index (χ1) is 9.74. The summed E-state index contributed by atoms with van der Waals surface area (Å²) in [6.07, 6.45) is -2.89. The summed E-state index contributed by atoms with van der Waals surface area (Å²) in [4.78, 5) is 11.6. The quantitative estimate of drug-likeness (QED) is 0.794. The maximum absolute atomic E-state index is 12.8. The van der Waals surface area contributed by atoms with Crippen molar-refractivity contribution >= 4 is 11.6 Å². The maximum atomic E-state index is 12.8. The van der Waals surface area contributed by atoms with Crippen molar-refractivity contribution < 1.29 is 22.7 Å². The highest BCUT2D eigenvalue weighted by atomic mass is 19.4. The molecule has 7 heteroatoms. The molecule has 0 heterocycles. The molecule has 0 aliphatic rings. The second-order valence-electron chi connectivity index (χ2n) is 4.80. The Kier molecular flexibility index (Phi) is 5.87. The van der Waals surface area contributed by atoms with E-state index in [9.17, 15) is 18.0 Å². The molecular formula is C14H19F3N2O2. The van der Waals surface area contributed by atoms with Crippen molar-refractivity contribution in [2.45, 2.75) is 38.9 Å². The lowest BCUT2D eigenvalue weighted by Crippen LogP contribution is -2.36. The number of nitrogens with one attached hydrogen (secondary N) is 1. The number of halogens is 3. The van der Waals surface area contributed by atoms with E-state index in [0.29, 0.717) is 0 Å². The van der Waals surface area contributed by atoms with Gasteiger partial charge in [-0.05, 0) is 31.5 Å². The molecule has 1 aromatic carbocycles. The van der Waals surface area contributed by atoms with E-state index in [2.05, 4.69) is 5.32 Å². The number of hydrogen-bond acceptors (Lipinski definition) is 3. The first-order valence-corrected chi connectivity index (χ1v) is 6.63. The fraction of sp³-hybridized carbons (Fsp3) is 0.500. The summed E-state index contributed by atoms with van der Waals surface area (Å²) >= 11 is 0. The summed E-state index contributed by atoms with van der Waals surface area (Å²) in [5.74, 6) is -0.865. The molecule has 3 N–H and O–H groups in total. The van der Waals surface area contributed by atoms with Crippen LogP contribution < -0.4 is 15.8 Å². The number of anilines is 1. The summed E-state index contributed by atoms with van der Waals surface area (Å²) < 4.78 is 43.5. The van der Waals surface area contributed by atoms with Gasteiger partial charge in [0.1, 0.15) is 5.75 Å². The predicted molar refractivity (Wildman–Crippen MR) is 73.9 cm³/mol. The van der Waals surface area contributed by atoms with Crippen molar-refractivity contribution in [2.24, 2.45) is 0 Å². The maximum Gasteiger partial charge on any atom is 0.420 e. The molecule has 0 saturated heterocycles. The van der Waals surface area contributed by atoms with Gasteiger partial charge in [0.25, 0.3) is 5.91 Å². The van der Waals surface area contributed by atoms with Crippen LogP contribution in [0.1, 0.15) is 32.3 Å². The first kappa shape index (κ1) is 17.1. The molecule has 4 nitrogen and oxygen atoms in total. The molecule has 0 spiro atoms. The Bertz CT molecular complexity index is 490. The summed E-state index contributed by atoms with van der Waals surface area (Å²) in [5.41, 5.74) is 4.34. The zero-order valence-corrected chi connectivity index (χ0v) is 12.0. The third-order valence-electron chi connectivity index (χ3n) is 2.80. The summed E-state index contributed by atoms with van der Waals surface area (Å²) in [5, 5.41) is 2.65. The largest absolute Gasteiger partial charge is 0.483 e. The number of amides is 1. The first-order valence-electron chi connectivity index (χ1n) is 6.63. The van der Waals surface area contributed by atoms with Crippen molar-refractivity contribution in [3.63, 3.8) is 0 Å². The zero-order valence-electron chi connectivity index (χ0n) is 12.0. The highest BCUT2D eigenvalue weighted by Gasteiger charge is 2.34. The molecule has 1 unspecified atom stereocenters. The number of nitrogen functional groups attached to an aromatic ring is 1. The van der Waals surface area contributed by atoms with E-state index in [1.807, 2.05) is 13.8 Å². The van der Waals surface area contributed by atoms with E-state index in [1.165, 1.54) is 6.07 Å². The lowest BCUT2D eigenvalue weighted by Gasteiger charge is -2.16. The molecule has 1 atom stereocenters. The monoisotopic (exact) mass is 304 g/mol. The van der Waals surface area contributed by atoms with Crippen molar-refractivity contribution in [3.05, 3.63) is 23.8 Å². The normalized spacial score (nSPS) is 12.8. The van der Waals surface area contributed by atoms with Crippen LogP contribution in [0.25, 0.3) is 0 Å². The minimum Gasteiger partial charge on any atom is -0.483 e. The standard InChI is InChI=1S/C14H19F3N2O2/c1-3-4-9(2)19-13(20)8-21-12-6-5-10(18)7-11(12)14(15,16)17/h5-7,9H,3-4,8,18H2,1-2H3,(H,19,20). The summed E-state index contributed by atoms with van der Waals surface area (Å²) in [7, 11) is 0. The van der Waals surface area contributed by atoms with Crippen molar-refractivity contribution in [1.29, 1.82) is 0 Å². The van der Waals surface area contributed by atoms with Crippen molar-refractivity contribution in [1.82, 2.24) is 5.32 Å². The molecule has 1 aromatic rings. The third kappa shape index (κ3) is 5.53. The molecule has 0 saturated carbocycles. The fourth-order valence-corrected chi connectivity index (χ4v) is 1.86. The van der Waals surface area contributed by atoms with Gasteiger partial charge in [-0.15, -0.1) is 0 Å². The van der Waals surface area contributed by atoms with Crippen LogP contribution >= 0.6 is 0 Å². The van der Waals surface area contributed by atoms with E-state index in [-0.39, 0.29) is 11.7 Å². The number of ether oxygens (including phenoxy) is 1. The van der Waals surface area contributed by atoms with Crippen LogP contribution in [0.2, 0.25) is 0 Å². The molecule has 0 fully saturated rings. The Labute approximate surface area is 121 Å². The van der Waals surface area contributed by atoms with Crippen LogP contribution in [-0.2, 0) is 11.0 Å². The Morgan fingerprint density at radius 1 is 1.43 bits per heavy atom. The van der Waals surface area contributed by atoms with Crippen LogP contribution in [0.5, 0.6) is 5.75 Å². The highest BCUT2D eigenvalue weighted by Crippen LogP contribution is 2.37. The predicted octanol–water partition coefficient (Wildman–Crippen LogP) is 2.97. The SMILES string of the molecule is CCCC(C)NC(=O)COc1ccc(N)cc1C(F)(F)F. The topological polar surface area (TPSA) is 64.3 Å². The van der Waals surface area contributed by atoms with Gasteiger partial charge in [-0.25, -0.2) is 0 Å². The van der Waals surface area contributed by atoms with E-state index in [4.69, 9.17) is 10.5 Å². The summed E-state index contributed by atoms with van der Waals surface area (Å²) in [6.45, 7) is 3.33. The van der Waals surface area contributed by atoms with Gasteiger partial charge in [0.2, 0.25) is 0 Å². The third-order valence-corrected chi connectivity index (χ3v) is 2.80. The van der Waals surface area contributed by atoms with Crippen LogP contribution in [0.3, 0.4) is 0 Å². The smallest absolute Gasteiger partial charge is 0.420 e. The molecule has 0 aliphatic heterocycles. The molecular weight excluding hydrogens is 285 g/mol. The molecule has 1 rings (SSSR count). The minimum absolute atomic E-state index is 0.0179. The van der Waals surface area contributed by atoms with Crippen LogP contribution in [0.15, 0.2) is 18.2 Å². The Hall–Kier alpha value is -1.92. The van der Waals surface area contributed by atoms with Crippen LogP contribution in [0.4, 0.5) is 18.9 Å². The molecule has 118 valence electrons. The van der Waals surface area contributed by atoms with E-state index >= 15 is 0 Å². The van der Waals surface area contributed by atoms with E-state index < -0.39 is 30.0 Å². The second-order valence-corrected chi connectivity index (χ2v) is 4.80. The number of alkyl halides is 3. The number of benzene rings is 1. The van der Waals surface area contributed by atoms with Gasteiger partial charge in [0.15, 0.2) is 6.61 Å². The number of hydrogen-bond donors (Lipinski definition) is 2. The van der Waals surface area contributed by atoms with Gasteiger partial charge in [-0.2, -0.15) is 13.2 Å². The zero-order chi connectivity index (χ0) is 16.0. The average Bonchev–Trinajstić information content (AvgIpc) is 2.36. The molecule has 0 radical (unpaired) electrons. The number of nitrogens with two attached hydrogens (primary N) is 1. The molecule has 0 aliphatic carbocycles. The van der Waals surface area contributed by atoms with Gasteiger partial charge in [0.05, 0.1) is 5.56 Å². The van der Waals surface area contributed by atoms with Gasteiger partial charge in [-0.1, -0.05) is 13.3 Å². The second kappa shape index (κ2) is 7.19. The van der Waals surface area contributed by atoms with Gasteiger partial charge < -0.3 is 15.8 Å². The van der Waals surface area contributed by atoms with E-state index in [0.717, 1.165) is 25.0 Å². The summed E-state index contributed by atoms with van der Waals surface area (Å²) in [6, 6.07) is 3.15. The Balaban J connectivity index is 2.69. The lowest BCUT2D eigenvalue weighted by atomic mass is 10.1. The van der Waals surface area contributed by atoms with E-state index in [1.54, 1.807) is 0 Å². The van der Waals surface area contributed by atoms with Gasteiger partial charge in [-0.3, -0.25) is 4.79 Å². The van der Waals surface area contributed by atoms with Gasteiger partial charge in [0, 0.05) is 11.7 Å². The number of carbonyl (C=O) groups excluding carboxylic acids is 1. The average molecular weight is 304 g/mol. The van der Waals surface area contributed by atoms with Crippen molar-refractivity contribution in [2.75, 3.05) is 12.3 Å². The molecule has 0 bridgehead atoms. The number of rotatable bonds is 6. The molecule has 1 amide bonds. The Morgan fingerprint density at radius 3 is 2.67 bits per heavy atom. The highest BCUT2D eigenvalue weighted by molar-refractivity contribution is 5.77. The number of carbonyl (C=O) groups is 1. The minimum atomic E-state index is -4.59. The van der Waals surface area contributed by atoms with Gasteiger partial charge >= 0.3 is 6.18 Å². The van der Waals surface area contributed by atoms with Crippen LogP contribution in [-0.4, -0.2) is 18.6 Å². The Morgan fingerprint density at radius 2 is 2.10 bits per heavy atom. The lowest BCUT2D eigenvalue weighted by molar-refractivity contribution is -0.139. The van der Waals surface area contributed by atoms with Crippen LogP contribution in [0, 0.1) is 0 Å².